The molecule has 1 aromatic carbocycles. The number of hydrogen-bond acceptors (Lipinski definition) is 6. The average molecular weight is 558 g/mol. The number of benzene rings is 1. The van der Waals surface area contributed by atoms with Crippen LogP contribution < -0.4 is 21.7 Å². The summed E-state index contributed by atoms with van der Waals surface area (Å²) in [5.74, 6) is -0.870. The Bertz CT molecular complexity index is 1840. The van der Waals surface area contributed by atoms with Crippen molar-refractivity contribution < 1.29 is 24.3 Å². The van der Waals surface area contributed by atoms with E-state index in [0.717, 1.165) is 10.9 Å². The number of nitrogens with two attached hydrogens (primary N) is 1. The lowest BCUT2D eigenvalue weighted by Gasteiger charge is -2.06. The van der Waals surface area contributed by atoms with Crippen molar-refractivity contribution in [3.63, 3.8) is 0 Å². The Morgan fingerprint density at radius 1 is 0.854 bits per heavy atom. The second kappa shape index (κ2) is 10.4. The molecule has 4 heterocycles. The fourth-order valence-electron chi connectivity index (χ4n) is 4.57. The van der Waals surface area contributed by atoms with Gasteiger partial charge in [-0.25, -0.2) is 9.78 Å². The van der Waals surface area contributed by atoms with E-state index in [2.05, 4.69) is 20.9 Å². The molecule has 0 bridgehead atoms. The van der Waals surface area contributed by atoms with E-state index in [0.29, 0.717) is 22.6 Å². The molecule has 0 aliphatic heterocycles. The molecule has 0 atom stereocenters. The van der Waals surface area contributed by atoms with Gasteiger partial charge in [0, 0.05) is 57.9 Å². The topological polar surface area (TPSA) is 183 Å². The van der Waals surface area contributed by atoms with Crippen molar-refractivity contribution in [2.45, 2.75) is 6.54 Å². The van der Waals surface area contributed by atoms with E-state index in [4.69, 9.17) is 10.8 Å². The summed E-state index contributed by atoms with van der Waals surface area (Å²) in [6.45, 7) is 0.152. The summed E-state index contributed by atoms with van der Waals surface area (Å²) in [4.78, 5) is 53.8. The number of aromatic nitrogens is 5. The lowest BCUT2D eigenvalue weighted by molar-refractivity contribution is 0.0954. The number of nitrogens with one attached hydrogen (secondary N) is 3. The summed E-state index contributed by atoms with van der Waals surface area (Å²) in [5, 5.41) is 17.4. The van der Waals surface area contributed by atoms with Gasteiger partial charge in [0.25, 0.3) is 17.7 Å². The molecular formula is C27H27N9O5. The highest BCUT2D eigenvalue weighted by Gasteiger charge is 2.20. The third-order valence-corrected chi connectivity index (χ3v) is 6.49. The molecule has 4 aromatic heterocycles. The van der Waals surface area contributed by atoms with Crippen LogP contribution in [0.1, 0.15) is 37.2 Å². The summed E-state index contributed by atoms with van der Waals surface area (Å²) in [6.07, 6.45) is 5.28. The summed E-state index contributed by atoms with van der Waals surface area (Å²) in [7, 11) is 5.02. The first kappa shape index (κ1) is 26.8. The number of carbonyl (C=O) groups is 4. The molecule has 41 heavy (non-hydrogen) atoms. The number of nitrogen functional groups attached to an aromatic ring is 1. The van der Waals surface area contributed by atoms with Crippen LogP contribution in [-0.4, -0.2) is 52.2 Å². The van der Waals surface area contributed by atoms with Crippen LogP contribution in [0.2, 0.25) is 0 Å². The van der Waals surface area contributed by atoms with Gasteiger partial charge in [0.15, 0.2) is 0 Å². The lowest BCUT2D eigenvalue weighted by atomic mass is 10.1. The molecule has 0 aliphatic carbocycles. The van der Waals surface area contributed by atoms with Crippen molar-refractivity contribution in [1.82, 2.24) is 28.6 Å². The number of aryl methyl sites for hydroxylation is 3. The standard InChI is InChI=1S/C27H27N9O5/c1-33-12-17(31-25(38)23-32-22(28)14-35(23)3)9-20(33)24(37)30-18-10-21(34(2)13-18)26(39)36-7-6-16-8-15(4-5-19(16)36)11-29-27(40)41/h4-10,12-14,29H,11,28H2,1-3H3,(H,30,37)(H,31,38)(H,40,41). The van der Waals surface area contributed by atoms with Gasteiger partial charge in [-0.2, -0.15) is 0 Å². The molecule has 0 saturated heterocycles. The van der Waals surface area contributed by atoms with Crippen LogP contribution in [0.4, 0.5) is 22.0 Å². The van der Waals surface area contributed by atoms with Gasteiger partial charge in [0.2, 0.25) is 5.82 Å². The van der Waals surface area contributed by atoms with Gasteiger partial charge in [0.05, 0.1) is 16.9 Å². The van der Waals surface area contributed by atoms with Crippen molar-refractivity contribution in [2.75, 3.05) is 16.4 Å². The van der Waals surface area contributed by atoms with Crippen molar-refractivity contribution in [1.29, 1.82) is 0 Å². The second-order valence-electron chi connectivity index (χ2n) is 9.50. The summed E-state index contributed by atoms with van der Waals surface area (Å²) < 4.78 is 6.18. The van der Waals surface area contributed by atoms with Crippen LogP contribution in [0, 0.1) is 0 Å². The predicted molar refractivity (Wildman–Crippen MR) is 151 cm³/mol. The highest BCUT2D eigenvalue weighted by atomic mass is 16.4. The fraction of sp³-hybridized carbons (Fsp3) is 0.148. The van der Waals surface area contributed by atoms with E-state index in [9.17, 15) is 19.2 Å². The molecule has 5 aromatic rings. The minimum Gasteiger partial charge on any atom is -0.465 e. The van der Waals surface area contributed by atoms with E-state index in [-0.39, 0.29) is 29.8 Å². The SMILES string of the molecule is Cn1cc(NC(=O)c2nc(N)cn2C)cc1C(=O)Nc1cc(C(=O)n2ccc3cc(CNC(=O)O)ccc32)n(C)c1. The van der Waals surface area contributed by atoms with E-state index in [1.165, 1.54) is 21.4 Å². The first-order valence-electron chi connectivity index (χ1n) is 12.4. The molecule has 14 heteroatoms. The molecule has 5 rings (SSSR count). The Hall–Kier alpha value is -5.79. The van der Waals surface area contributed by atoms with E-state index < -0.39 is 17.9 Å². The van der Waals surface area contributed by atoms with Crippen molar-refractivity contribution in [3.8, 4) is 0 Å². The quantitative estimate of drug-likeness (QED) is 0.204. The van der Waals surface area contributed by atoms with Gasteiger partial charge >= 0.3 is 6.09 Å². The largest absolute Gasteiger partial charge is 0.465 e. The molecule has 210 valence electrons. The van der Waals surface area contributed by atoms with Gasteiger partial charge in [-0.05, 0) is 35.9 Å². The number of carboxylic acid groups (broad SMARTS) is 1. The number of fused-ring (bicyclic) bond motifs is 1. The molecule has 0 aliphatic rings. The maximum absolute atomic E-state index is 13.4. The summed E-state index contributed by atoms with van der Waals surface area (Å²) in [6, 6.07) is 10.2. The van der Waals surface area contributed by atoms with Crippen LogP contribution in [0.5, 0.6) is 0 Å². The first-order valence-corrected chi connectivity index (χ1v) is 12.4. The third-order valence-electron chi connectivity index (χ3n) is 6.49. The van der Waals surface area contributed by atoms with Crippen LogP contribution in [-0.2, 0) is 27.7 Å². The molecule has 0 spiro atoms. The van der Waals surface area contributed by atoms with E-state index in [1.54, 1.807) is 73.1 Å². The van der Waals surface area contributed by atoms with Crippen LogP contribution >= 0.6 is 0 Å². The number of nitrogens with zero attached hydrogens (tertiary/aromatic N) is 5. The Balaban J connectivity index is 1.30. The number of rotatable bonds is 7. The van der Waals surface area contributed by atoms with Crippen molar-refractivity contribution >= 4 is 51.9 Å². The maximum atomic E-state index is 13.4. The average Bonchev–Trinajstić information content (AvgIpc) is 3.67. The maximum Gasteiger partial charge on any atom is 0.404 e. The van der Waals surface area contributed by atoms with E-state index in [1.807, 2.05) is 6.07 Å². The van der Waals surface area contributed by atoms with Crippen LogP contribution in [0.15, 0.2) is 61.2 Å². The van der Waals surface area contributed by atoms with Gasteiger partial charge in [-0.3, -0.25) is 19.0 Å². The monoisotopic (exact) mass is 557 g/mol. The molecule has 6 N–H and O–H groups in total. The first-order chi connectivity index (χ1) is 19.5. The molecule has 14 nitrogen and oxygen atoms in total. The molecule has 0 saturated carbocycles. The predicted octanol–water partition coefficient (Wildman–Crippen LogP) is 2.59. The van der Waals surface area contributed by atoms with Crippen molar-refractivity contribution in [3.05, 3.63) is 84.0 Å². The highest BCUT2D eigenvalue weighted by Crippen LogP contribution is 2.22. The Morgan fingerprint density at radius 3 is 2.17 bits per heavy atom. The fourth-order valence-corrected chi connectivity index (χ4v) is 4.57. The van der Waals surface area contributed by atoms with Gasteiger partial charge in [0.1, 0.15) is 17.2 Å². The van der Waals surface area contributed by atoms with Gasteiger partial charge in [-0.1, -0.05) is 6.07 Å². The highest BCUT2D eigenvalue weighted by molar-refractivity contribution is 6.07. The molecule has 3 amide bonds. The number of imidazole rings is 1. The molecular weight excluding hydrogens is 530 g/mol. The zero-order valence-corrected chi connectivity index (χ0v) is 22.4. The van der Waals surface area contributed by atoms with Crippen LogP contribution in [0.3, 0.4) is 0 Å². The minimum absolute atomic E-state index is 0.130. The van der Waals surface area contributed by atoms with E-state index >= 15 is 0 Å². The Labute approximate surface area is 233 Å². The Kier molecular flexibility index (Phi) is 6.80. The number of anilines is 3. The molecule has 0 radical (unpaired) electrons. The van der Waals surface area contributed by atoms with Gasteiger partial charge in [-0.15, -0.1) is 0 Å². The van der Waals surface area contributed by atoms with Crippen molar-refractivity contribution in [2.24, 2.45) is 21.1 Å². The zero-order chi connectivity index (χ0) is 29.4. The number of carbonyl (C=O) groups excluding carboxylic acids is 3. The number of hydrogen-bond donors (Lipinski definition) is 5. The summed E-state index contributed by atoms with van der Waals surface area (Å²) >= 11 is 0. The number of amides is 3. The normalized spacial score (nSPS) is 11.0. The smallest absolute Gasteiger partial charge is 0.404 e. The molecule has 0 fully saturated rings. The third kappa shape index (κ3) is 5.38. The second-order valence-corrected chi connectivity index (χ2v) is 9.50. The minimum atomic E-state index is -1.12. The van der Waals surface area contributed by atoms with Gasteiger partial charge < -0.3 is 40.5 Å². The Morgan fingerprint density at radius 2 is 1.51 bits per heavy atom. The summed E-state index contributed by atoms with van der Waals surface area (Å²) in [5.41, 5.74) is 8.49. The van der Waals surface area contributed by atoms with Crippen LogP contribution in [0.25, 0.3) is 10.9 Å². The molecule has 0 unspecified atom stereocenters. The zero-order valence-electron chi connectivity index (χ0n) is 22.4. The lowest BCUT2D eigenvalue weighted by Crippen LogP contribution is -2.19.